The summed E-state index contributed by atoms with van der Waals surface area (Å²) in [5.41, 5.74) is -0.819. The van der Waals surface area contributed by atoms with Crippen molar-refractivity contribution >= 4 is 38.6 Å². The van der Waals surface area contributed by atoms with Crippen LogP contribution < -0.4 is 0 Å². The molecule has 2 aromatic carbocycles. The first kappa shape index (κ1) is 25.4. The van der Waals surface area contributed by atoms with Gasteiger partial charge in [-0.1, -0.05) is 24.3 Å². The van der Waals surface area contributed by atoms with E-state index in [1.165, 1.54) is 36.4 Å². The second-order valence-electron chi connectivity index (χ2n) is 4.64. The monoisotopic (exact) mass is 448 g/mol. The van der Waals surface area contributed by atoms with Crippen molar-refractivity contribution in [3.05, 3.63) is 65.2 Å². The van der Waals surface area contributed by atoms with Crippen LogP contribution in [0.15, 0.2) is 53.4 Å². The molecule has 0 unspecified atom stereocenters. The Kier molecular flexibility index (Phi) is 9.87. The van der Waals surface area contributed by atoms with Crippen LogP contribution in [-0.4, -0.2) is 58.8 Å². The molecule has 2 rings (SSSR count). The van der Waals surface area contributed by atoms with Gasteiger partial charge in [0.2, 0.25) is 0 Å². The molecule has 0 spiro atoms. The lowest BCUT2D eigenvalue weighted by Crippen LogP contribution is -2.07. The van der Waals surface area contributed by atoms with E-state index >= 15 is 0 Å². The number of rotatable bonds is 4. The van der Waals surface area contributed by atoms with Crippen molar-refractivity contribution in [3.63, 3.8) is 0 Å². The number of aromatic carboxylic acids is 3. The number of hydrogen-bond acceptors (Lipinski definition) is 8. The molecule has 12 nitrogen and oxygen atoms in total. The minimum absolute atomic E-state index is 0.190. The Bertz CT molecular complexity index is 1080. The highest BCUT2D eigenvalue weighted by atomic mass is 32.2. The molecule has 0 saturated carbocycles. The minimum atomic E-state index is -4.46. The molecule has 0 fully saturated rings. The molecular formula is C15H12O12S2. The zero-order valence-electron chi connectivity index (χ0n) is 14.0. The number of carboxylic acids is 3. The summed E-state index contributed by atoms with van der Waals surface area (Å²) in [5.74, 6) is -3.85. The fraction of sp³-hybridized carbons (Fsp3) is 0. The van der Waals surface area contributed by atoms with Gasteiger partial charge >= 0.3 is 28.5 Å². The maximum absolute atomic E-state index is 10.7. The molecule has 0 saturated heterocycles. The predicted octanol–water partition coefficient (Wildman–Crippen LogP) is 0.710. The maximum atomic E-state index is 10.7. The van der Waals surface area contributed by atoms with Crippen molar-refractivity contribution in [2.45, 2.75) is 4.90 Å². The molecule has 0 heterocycles. The third kappa shape index (κ3) is 9.23. The van der Waals surface area contributed by atoms with Gasteiger partial charge in [-0.3, -0.25) is 4.55 Å². The van der Waals surface area contributed by atoms with Crippen LogP contribution in [-0.2, 0) is 20.7 Å². The summed E-state index contributed by atoms with van der Waals surface area (Å²) < 4.78 is 55.3. The molecule has 156 valence electrons. The van der Waals surface area contributed by atoms with Crippen molar-refractivity contribution in [2.24, 2.45) is 0 Å². The van der Waals surface area contributed by atoms with E-state index in [1.54, 1.807) is 0 Å². The highest BCUT2D eigenvalue weighted by Gasteiger charge is 2.18. The van der Waals surface area contributed by atoms with E-state index in [-0.39, 0.29) is 11.1 Å². The molecule has 29 heavy (non-hydrogen) atoms. The molecule has 4 N–H and O–H groups in total. The van der Waals surface area contributed by atoms with Crippen molar-refractivity contribution in [3.8, 4) is 0 Å². The van der Waals surface area contributed by atoms with E-state index < -0.39 is 49.1 Å². The largest absolute Gasteiger partial charge is 0.478 e. The number of carbonyl (C=O) groups is 3. The Balaban J connectivity index is 0.000000459. The van der Waals surface area contributed by atoms with Gasteiger partial charge in [0.15, 0.2) is 0 Å². The summed E-state index contributed by atoms with van der Waals surface area (Å²) in [6.07, 6.45) is 0. The van der Waals surface area contributed by atoms with Gasteiger partial charge in [-0.25, -0.2) is 14.4 Å². The zero-order chi connectivity index (χ0) is 22.8. The van der Waals surface area contributed by atoms with Crippen LogP contribution in [0.1, 0.15) is 31.1 Å². The Morgan fingerprint density at radius 3 is 1.17 bits per heavy atom. The highest BCUT2D eigenvalue weighted by Crippen LogP contribution is 2.14. The summed E-state index contributed by atoms with van der Waals surface area (Å²) in [5, 5.41) is 25.7. The molecule has 0 radical (unpaired) electrons. The first-order valence-electron chi connectivity index (χ1n) is 6.91. The van der Waals surface area contributed by atoms with Crippen molar-refractivity contribution in [1.29, 1.82) is 0 Å². The fourth-order valence-corrected chi connectivity index (χ4v) is 2.41. The lowest BCUT2D eigenvalue weighted by molar-refractivity contribution is 0.0651. The molecule has 0 aliphatic rings. The Morgan fingerprint density at radius 2 is 0.931 bits per heavy atom. The summed E-state index contributed by atoms with van der Waals surface area (Å²) >= 11 is 0. The number of benzene rings is 2. The quantitative estimate of drug-likeness (QED) is 0.475. The van der Waals surface area contributed by atoms with E-state index in [0.717, 1.165) is 12.1 Å². The van der Waals surface area contributed by atoms with E-state index in [9.17, 15) is 22.8 Å². The van der Waals surface area contributed by atoms with E-state index in [4.69, 9.17) is 32.5 Å². The maximum Gasteiger partial charge on any atom is 0.425 e. The molecule has 0 atom stereocenters. The standard InChI is InChI=1S/C8H6O4.C7H6O5S.O3S/c9-7(10)5-3-1-2-4-6(5)8(11)12;8-7(9)5-3-1-2-4-6(5)13(10,11)12;1-4(2)3/h1-4H,(H,9,10)(H,11,12);1-4H,(H,8,9)(H,10,11,12);. The van der Waals surface area contributed by atoms with Gasteiger partial charge in [0.05, 0.1) is 16.7 Å². The molecule has 0 amide bonds. The van der Waals surface area contributed by atoms with Gasteiger partial charge in [0.1, 0.15) is 4.90 Å². The van der Waals surface area contributed by atoms with Gasteiger partial charge in [0.25, 0.3) is 10.1 Å². The molecule has 14 heteroatoms. The molecule has 0 aromatic heterocycles. The Labute approximate surface area is 164 Å². The van der Waals surface area contributed by atoms with Crippen LogP contribution in [0.5, 0.6) is 0 Å². The smallest absolute Gasteiger partial charge is 0.425 e. The van der Waals surface area contributed by atoms with Crippen LogP contribution in [0, 0.1) is 0 Å². The minimum Gasteiger partial charge on any atom is -0.478 e. The predicted molar refractivity (Wildman–Crippen MR) is 93.3 cm³/mol. The summed E-state index contributed by atoms with van der Waals surface area (Å²) in [6, 6.07) is 10.3. The highest BCUT2D eigenvalue weighted by molar-refractivity contribution is 7.86. The molecule has 0 aliphatic carbocycles. The second-order valence-corrected chi connectivity index (χ2v) is 6.43. The van der Waals surface area contributed by atoms with E-state index in [1.807, 2.05) is 0 Å². The Morgan fingerprint density at radius 1 is 0.655 bits per heavy atom. The average molecular weight is 448 g/mol. The van der Waals surface area contributed by atoms with Gasteiger partial charge < -0.3 is 15.3 Å². The molecule has 2 aromatic rings. The average Bonchev–Trinajstić information content (AvgIpc) is 2.61. The van der Waals surface area contributed by atoms with Gasteiger partial charge in [-0.05, 0) is 24.3 Å². The van der Waals surface area contributed by atoms with E-state index in [0.29, 0.717) is 0 Å². The van der Waals surface area contributed by atoms with E-state index in [2.05, 4.69) is 0 Å². The SMILES string of the molecule is O=C(O)c1ccccc1C(=O)O.O=C(O)c1ccccc1S(=O)(=O)O.O=S(=O)=O. The van der Waals surface area contributed by atoms with Crippen LogP contribution in [0.2, 0.25) is 0 Å². The molecular weight excluding hydrogens is 436 g/mol. The van der Waals surface area contributed by atoms with Crippen molar-refractivity contribution in [1.82, 2.24) is 0 Å². The van der Waals surface area contributed by atoms with Gasteiger partial charge in [-0.15, -0.1) is 12.6 Å². The zero-order valence-corrected chi connectivity index (χ0v) is 15.6. The van der Waals surface area contributed by atoms with Crippen molar-refractivity contribution < 1.29 is 55.3 Å². The summed E-state index contributed by atoms with van der Waals surface area (Å²) in [7, 11) is -7.57. The third-order valence-electron chi connectivity index (χ3n) is 2.78. The van der Waals surface area contributed by atoms with Crippen LogP contribution in [0.25, 0.3) is 0 Å². The first-order chi connectivity index (χ1) is 13.3. The van der Waals surface area contributed by atoms with Crippen LogP contribution in [0.4, 0.5) is 0 Å². The third-order valence-corrected chi connectivity index (χ3v) is 3.70. The van der Waals surface area contributed by atoms with Crippen LogP contribution >= 0.6 is 0 Å². The fourth-order valence-electron chi connectivity index (χ4n) is 1.72. The van der Waals surface area contributed by atoms with Gasteiger partial charge in [0, 0.05) is 0 Å². The summed E-state index contributed by atoms with van der Waals surface area (Å²) in [4.78, 5) is 30.8. The molecule has 0 aliphatic heterocycles. The normalized spacial score (nSPS) is 9.69. The lowest BCUT2D eigenvalue weighted by Gasteiger charge is -2.00. The van der Waals surface area contributed by atoms with Crippen LogP contribution in [0.3, 0.4) is 0 Å². The Hall–Kier alpha value is -3.62. The second kappa shape index (κ2) is 11.3. The summed E-state index contributed by atoms with van der Waals surface area (Å²) in [6.45, 7) is 0. The number of hydrogen-bond donors (Lipinski definition) is 4. The first-order valence-corrected chi connectivity index (χ1v) is 9.35. The molecule has 0 bridgehead atoms. The lowest BCUT2D eigenvalue weighted by atomic mass is 10.1. The topological polar surface area (TPSA) is 217 Å². The van der Waals surface area contributed by atoms with Gasteiger partial charge in [-0.2, -0.15) is 8.42 Å². The number of carboxylic acid groups (broad SMARTS) is 3. The van der Waals surface area contributed by atoms with Crippen molar-refractivity contribution in [2.75, 3.05) is 0 Å².